The molecule has 0 saturated carbocycles. The number of fused-ring (bicyclic) bond motifs is 1. The molecule has 1 aliphatic heterocycles. The lowest BCUT2D eigenvalue weighted by Gasteiger charge is -2.24. The monoisotopic (exact) mass is 333 g/mol. The van der Waals surface area contributed by atoms with Gasteiger partial charge in [-0.25, -0.2) is 4.98 Å². The summed E-state index contributed by atoms with van der Waals surface area (Å²) in [7, 11) is 0. The molecule has 1 fully saturated rings. The average molecular weight is 333 g/mol. The maximum atomic E-state index is 12.0. The molecule has 3 aromatic rings. The first-order valence-corrected chi connectivity index (χ1v) is 8.91. The molecule has 0 spiro atoms. The Labute approximate surface area is 148 Å². The van der Waals surface area contributed by atoms with Crippen LogP contribution in [0.15, 0.2) is 48.5 Å². The van der Waals surface area contributed by atoms with Crippen LogP contribution in [-0.4, -0.2) is 26.9 Å². The number of hydrogen-bond acceptors (Lipinski definition) is 2. The van der Waals surface area contributed by atoms with Crippen molar-refractivity contribution in [1.29, 1.82) is 0 Å². The molecule has 128 valence electrons. The van der Waals surface area contributed by atoms with Gasteiger partial charge in [-0.1, -0.05) is 42.0 Å². The van der Waals surface area contributed by atoms with Gasteiger partial charge in [-0.3, -0.25) is 4.79 Å². The fraction of sp³-hybridized carbons (Fsp3) is 0.333. The number of rotatable bonds is 3. The van der Waals surface area contributed by atoms with Gasteiger partial charge in [0.2, 0.25) is 5.91 Å². The van der Waals surface area contributed by atoms with Crippen LogP contribution in [0.4, 0.5) is 0 Å². The Kier molecular flexibility index (Phi) is 4.04. The second kappa shape index (κ2) is 6.36. The summed E-state index contributed by atoms with van der Waals surface area (Å²) >= 11 is 0. The van der Waals surface area contributed by atoms with Gasteiger partial charge in [0.05, 0.1) is 17.1 Å². The molecule has 0 aliphatic carbocycles. The minimum Gasteiger partial charge on any atom is -0.333 e. The van der Waals surface area contributed by atoms with Crippen LogP contribution in [0.25, 0.3) is 11.0 Å². The van der Waals surface area contributed by atoms with Crippen molar-refractivity contribution in [3.05, 3.63) is 65.5 Å². The van der Waals surface area contributed by atoms with Gasteiger partial charge in [-0.05, 0) is 37.5 Å². The van der Waals surface area contributed by atoms with Crippen LogP contribution in [0.3, 0.4) is 0 Å². The molecule has 1 saturated heterocycles. The second-order valence-electron chi connectivity index (χ2n) is 6.90. The summed E-state index contributed by atoms with van der Waals surface area (Å²) in [6.07, 6.45) is 2.02. The number of aromatic nitrogens is 2. The number of para-hydroxylation sites is 2. The van der Waals surface area contributed by atoms with Crippen LogP contribution in [0.1, 0.15) is 42.8 Å². The lowest BCUT2D eigenvalue weighted by molar-refractivity contribution is -0.129. The molecular formula is C21H23N3O. The van der Waals surface area contributed by atoms with Crippen LogP contribution in [0.5, 0.6) is 0 Å². The van der Waals surface area contributed by atoms with Gasteiger partial charge >= 0.3 is 0 Å². The van der Waals surface area contributed by atoms with Crippen LogP contribution in [0, 0.1) is 6.92 Å². The van der Waals surface area contributed by atoms with Crippen molar-refractivity contribution >= 4 is 16.9 Å². The Balaban J connectivity index is 1.82. The summed E-state index contributed by atoms with van der Waals surface area (Å²) in [5, 5.41) is 0. The summed E-state index contributed by atoms with van der Waals surface area (Å²) in [5.74, 6) is 1.15. The number of likely N-dealkylation sites (tertiary alicyclic amines) is 1. The minimum absolute atomic E-state index is 0.0784. The number of hydrogen-bond donors (Lipinski definition) is 0. The van der Waals surface area contributed by atoms with E-state index in [1.54, 1.807) is 6.92 Å². The molecule has 4 rings (SSSR count). The van der Waals surface area contributed by atoms with Crippen molar-refractivity contribution in [2.75, 3.05) is 6.54 Å². The molecule has 1 atom stereocenters. The molecule has 1 aromatic heterocycles. The van der Waals surface area contributed by atoms with Crippen molar-refractivity contribution in [3.8, 4) is 0 Å². The normalized spacial score (nSPS) is 17.4. The smallest absolute Gasteiger partial charge is 0.220 e. The zero-order valence-corrected chi connectivity index (χ0v) is 14.8. The van der Waals surface area contributed by atoms with Gasteiger partial charge in [0, 0.05) is 20.0 Å². The maximum Gasteiger partial charge on any atom is 0.220 e. The molecule has 4 heteroatoms. The molecule has 0 N–H and O–H groups in total. The second-order valence-corrected chi connectivity index (χ2v) is 6.90. The highest BCUT2D eigenvalue weighted by Crippen LogP contribution is 2.33. The number of aryl methyl sites for hydroxylation is 1. The zero-order valence-electron chi connectivity index (χ0n) is 14.8. The third-order valence-electron chi connectivity index (χ3n) is 5.06. The number of carbonyl (C=O) groups excluding carboxylic acids is 1. The number of benzene rings is 2. The third kappa shape index (κ3) is 2.93. The first-order valence-electron chi connectivity index (χ1n) is 8.91. The molecule has 4 nitrogen and oxygen atoms in total. The zero-order chi connectivity index (χ0) is 17.4. The van der Waals surface area contributed by atoms with Crippen molar-refractivity contribution in [1.82, 2.24) is 14.5 Å². The Morgan fingerprint density at radius 3 is 2.84 bits per heavy atom. The van der Waals surface area contributed by atoms with Gasteiger partial charge < -0.3 is 9.47 Å². The quantitative estimate of drug-likeness (QED) is 0.724. The maximum absolute atomic E-state index is 12.0. The highest BCUT2D eigenvalue weighted by atomic mass is 16.2. The lowest BCUT2D eigenvalue weighted by Crippen LogP contribution is -2.30. The van der Waals surface area contributed by atoms with Crippen LogP contribution in [-0.2, 0) is 11.3 Å². The number of nitrogens with zero attached hydrogens (tertiary/aromatic N) is 3. The van der Waals surface area contributed by atoms with Gasteiger partial charge in [0.25, 0.3) is 0 Å². The lowest BCUT2D eigenvalue weighted by atomic mass is 10.1. The molecule has 25 heavy (non-hydrogen) atoms. The molecule has 2 heterocycles. The first-order chi connectivity index (χ1) is 12.1. The minimum atomic E-state index is 0.0784. The van der Waals surface area contributed by atoms with Crippen molar-refractivity contribution in [3.63, 3.8) is 0 Å². The molecule has 1 aliphatic rings. The number of carbonyl (C=O) groups is 1. The first kappa shape index (κ1) is 15.9. The van der Waals surface area contributed by atoms with Crippen LogP contribution < -0.4 is 0 Å². The summed E-state index contributed by atoms with van der Waals surface area (Å²) in [5.41, 5.74) is 4.65. The third-order valence-corrected chi connectivity index (χ3v) is 5.06. The van der Waals surface area contributed by atoms with Gasteiger partial charge in [-0.2, -0.15) is 0 Å². The highest BCUT2D eigenvalue weighted by molar-refractivity contribution is 5.77. The van der Waals surface area contributed by atoms with E-state index >= 15 is 0 Å². The van der Waals surface area contributed by atoms with Crippen molar-refractivity contribution < 1.29 is 4.79 Å². The summed E-state index contributed by atoms with van der Waals surface area (Å²) in [6.45, 7) is 5.38. The predicted molar refractivity (Wildman–Crippen MR) is 99.4 cm³/mol. The largest absolute Gasteiger partial charge is 0.333 e. The van der Waals surface area contributed by atoms with E-state index in [2.05, 4.69) is 54.0 Å². The molecular weight excluding hydrogens is 310 g/mol. The van der Waals surface area contributed by atoms with E-state index in [0.717, 1.165) is 42.8 Å². The summed E-state index contributed by atoms with van der Waals surface area (Å²) in [6, 6.07) is 16.9. The molecule has 0 radical (unpaired) electrons. The SMILES string of the molecule is CC(=O)N1CCC[C@@H]1c1nc2ccccc2n1Cc1cccc(C)c1. The number of imidazole rings is 1. The van der Waals surface area contributed by atoms with E-state index in [1.807, 2.05) is 11.0 Å². The van der Waals surface area contributed by atoms with E-state index in [1.165, 1.54) is 11.1 Å². The molecule has 1 amide bonds. The topological polar surface area (TPSA) is 38.1 Å². The number of amides is 1. The van der Waals surface area contributed by atoms with E-state index in [0.29, 0.717) is 0 Å². The van der Waals surface area contributed by atoms with Crippen LogP contribution in [0.2, 0.25) is 0 Å². The van der Waals surface area contributed by atoms with E-state index < -0.39 is 0 Å². The van der Waals surface area contributed by atoms with Gasteiger partial charge in [0.1, 0.15) is 5.82 Å². The summed E-state index contributed by atoms with van der Waals surface area (Å²) in [4.78, 5) is 18.9. The Morgan fingerprint density at radius 1 is 1.20 bits per heavy atom. The van der Waals surface area contributed by atoms with Crippen LogP contribution >= 0.6 is 0 Å². The predicted octanol–water partition coefficient (Wildman–Crippen LogP) is 4.08. The fourth-order valence-corrected chi connectivity index (χ4v) is 3.92. The Hall–Kier alpha value is -2.62. The Morgan fingerprint density at radius 2 is 2.04 bits per heavy atom. The fourth-order valence-electron chi connectivity index (χ4n) is 3.92. The Bertz CT molecular complexity index is 928. The van der Waals surface area contributed by atoms with Gasteiger partial charge in [0.15, 0.2) is 0 Å². The standard InChI is InChI=1S/C21H23N3O/c1-15-7-5-8-17(13-15)14-24-19-10-4-3-9-18(19)22-21(24)20-11-6-12-23(20)16(2)25/h3-5,7-10,13,20H,6,11-12,14H2,1-2H3/t20-/m1/s1. The van der Waals surface area contributed by atoms with E-state index in [-0.39, 0.29) is 11.9 Å². The summed E-state index contributed by atoms with van der Waals surface area (Å²) < 4.78 is 2.29. The van der Waals surface area contributed by atoms with E-state index in [9.17, 15) is 4.79 Å². The van der Waals surface area contributed by atoms with Crippen molar-refractivity contribution in [2.45, 2.75) is 39.3 Å². The highest BCUT2D eigenvalue weighted by Gasteiger charge is 2.32. The molecule has 2 aromatic carbocycles. The average Bonchev–Trinajstić information content (AvgIpc) is 3.20. The van der Waals surface area contributed by atoms with Gasteiger partial charge in [-0.15, -0.1) is 0 Å². The van der Waals surface area contributed by atoms with E-state index in [4.69, 9.17) is 4.98 Å². The molecule has 0 bridgehead atoms. The molecule has 0 unspecified atom stereocenters. The van der Waals surface area contributed by atoms with Crippen molar-refractivity contribution in [2.24, 2.45) is 0 Å².